The molecule has 25 heavy (non-hydrogen) atoms. The predicted octanol–water partition coefficient (Wildman–Crippen LogP) is 1.73. The van der Waals surface area contributed by atoms with Crippen molar-refractivity contribution in [3.8, 4) is 0 Å². The van der Waals surface area contributed by atoms with Gasteiger partial charge in [-0.2, -0.15) is 0 Å². The molecule has 8 heteroatoms. The molecular formula is C17H20FN7. The van der Waals surface area contributed by atoms with Gasteiger partial charge in [0.1, 0.15) is 17.7 Å². The van der Waals surface area contributed by atoms with Crippen LogP contribution in [0.2, 0.25) is 0 Å². The molecule has 0 atom stereocenters. The minimum absolute atomic E-state index is 0.190. The summed E-state index contributed by atoms with van der Waals surface area (Å²) in [6.07, 6.45) is 3.15. The maximum Gasteiger partial charge on any atom is 0.182 e. The molecule has 0 bridgehead atoms. The van der Waals surface area contributed by atoms with E-state index < -0.39 is 0 Å². The number of imidazole rings is 1. The topological polar surface area (TPSA) is 73.0 Å². The van der Waals surface area contributed by atoms with Gasteiger partial charge in [0.2, 0.25) is 0 Å². The average Bonchev–Trinajstić information content (AvgIpc) is 3.13. The van der Waals surface area contributed by atoms with Gasteiger partial charge >= 0.3 is 0 Å². The SMILES string of the molecule is Fc1ccc(N2CCN(CCNc3ncnc4nc[nH]c34)CC2)cc1. The second-order valence-corrected chi connectivity index (χ2v) is 6.06. The zero-order chi connectivity index (χ0) is 17.1. The summed E-state index contributed by atoms with van der Waals surface area (Å²) >= 11 is 0. The number of hydrogen-bond donors (Lipinski definition) is 2. The highest BCUT2D eigenvalue weighted by Gasteiger charge is 2.17. The Bertz CT molecular complexity index is 824. The van der Waals surface area contributed by atoms with E-state index in [1.54, 1.807) is 6.33 Å². The molecule has 4 rings (SSSR count). The predicted molar refractivity (Wildman–Crippen MR) is 95.2 cm³/mol. The van der Waals surface area contributed by atoms with Crippen molar-refractivity contribution >= 4 is 22.7 Å². The summed E-state index contributed by atoms with van der Waals surface area (Å²) in [6, 6.07) is 6.72. The fraction of sp³-hybridized carbons (Fsp3) is 0.353. The van der Waals surface area contributed by atoms with E-state index in [9.17, 15) is 4.39 Å². The molecule has 0 radical (unpaired) electrons. The highest BCUT2D eigenvalue weighted by Crippen LogP contribution is 2.17. The van der Waals surface area contributed by atoms with Crippen molar-refractivity contribution in [1.82, 2.24) is 24.8 Å². The van der Waals surface area contributed by atoms with E-state index in [0.29, 0.717) is 5.65 Å². The molecular weight excluding hydrogens is 321 g/mol. The van der Waals surface area contributed by atoms with E-state index in [0.717, 1.165) is 56.3 Å². The van der Waals surface area contributed by atoms with Gasteiger partial charge in [0.25, 0.3) is 0 Å². The molecule has 2 aromatic heterocycles. The Morgan fingerprint density at radius 1 is 1.04 bits per heavy atom. The largest absolute Gasteiger partial charge is 0.369 e. The van der Waals surface area contributed by atoms with E-state index in [1.807, 2.05) is 12.1 Å². The number of nitrogens with zero attached hydrogens (tertiary/aromatic N) is 5. The quantitative estimate of drug-likeness (QED) is 0.736. The molecule has 7 nitrogen and oxygen atoms in total. The van der Waals surface area contributed by atoms with Crippen molar-refractivity contribution in [3.63, 3.8) is 0 Å². The van der Waals surface area contributed by atoms with Crippen molar-refractivity contribution in [2.45, 2.75) is 0 Å². The molecule has 1 aromatic carbocycles. The van der Waals surface area contributed by atoms with Gasteiger partial charge in [-0.05, 0) is 24.3 Å². The molecule has 1 aliphatic rings. The molecule has 0 saturated carbocycles. The van der Waals surface area contributed by atoms with E-state index in [-0.39, 0.29) is 5.82 Å². The van der Waals surface area contributed by atoms with Gasteiger partial charge in [-0.1, -0.05) is 0 Å². The summed E-state index contributed by atoms with van der Waals surface area (Å²) in [6.45, 7) is 5.62. The van der Waals surface area contributed by atoms with Crippen molar-refractivity contribution in [2.24, 2.45) is 0 Å². The normalized spacial score (nSPS) is 15.6. The van der Waals surface area contributed by atoms with Crippen molar-refractivity contribution in [3.05, 3.63) is 42.7 Å². The van der Waals surface area contributed by atoms with Crippen molar-refractivity contribution < 1.29 is 4.39 Å². The maximum absolute atomic E-state index is 13.0. The molecule has 1 fully saturated rings. The summed E-state index contributed by atoms with van der Waals surface area (Å²) in [5.41, 5.74) is 2.59. The first-order valence-corrected chi connectivity index (χ1v) is 8.40. The molecule has 0 unspecified atom stereocenters. The Labute approximate surface area is 144 Å². The smallest absolute Gasteiger partial charge is 0.182 e. The average molecular weight is 341 g/mol. The lowest BCUT2D eigenvalue weighted by atomic mass is 10.2. The lowest BCUT2D eigenvalue weighted by molar-refractivity contribution is 0.267. The van der Waals surface area contributed by atoms with Gasteiger partial charge in [-0.15, -0.1) is 0 Å². The zero-order valence-corrected chi connectivity index (χ0v) is 13.8. The van der Waals surface area contributed by atoms with Crippen LogP contribution in [0.4, 0.5) is 15.9 Å². The number of piperazine rings is 1. The number of halogens is 1. The van der Waals surface area contributed by atoms with E-state index in [1.165, 1.54) is 18.5 Å². The monoisotopic (exact) mass is 341 g/mol. The van der Waals surface area contributed by atoms with Gasteiger partial charge < -0.3 is 15.2 Å². The fourth-order valence-electron chi connectivity index (χ4n) is 3.11. The van der Waals surface area contributed by atoms with Crippen LogP contribution in [0.15, 0.2) is 36.9 Å². The second-order valence-electron chi connectivity index (χ2n) is 6.06. The van der Waals surface area contributed by atoms with Crippen LogP contribution in [0.5, 0.6) is 0 Å². The molecule has 3 heterocycles. The zero-order valence-electron chi connectivity index (χ0n) is 13.8. The summed E-state index contributed by atoms with van der Waals surface area (Å²) in [7, 11) is 0. The minimum atomic E-state index is -0.190. The first-order chi connectivity index (χ1) is 12.3. The standard InChI is InChI=1S/C17H20FN7/c18-13-1-3-14(4-2-13)25-9-7-24(8-10-25)6-5-19-16-15-17(21-11-20-15)23-12-22-16/h1-4,11-12H,5-10H2,(H2,19,20,21,22,23). The fourth-order valence-corrected chi connectivity index (χ4v) is 3.11. The number of nitrogens with one attached hydrogen (secondary N) is 2. The van der Waals surface area contributed by atoms with Crippen LogP contribution in [0.3, 0.4) is 0 Å². The number of aromatic nitrogens is 4. The Morgan fingerprint density at radius 3 is 2.64 bits per heavy atom. The molecule has 0 spiro atoms. The third-order valence-electron chi connectivity index (χ3n) is 4.51. The van der Waals surface area contributed by atoms with Gasteiger partial charge in [0.05, 0.1) is 6.33 Å². The minimum Gasteiger partial charge on any atom is -0.369 e. The van der Waals surface area contributed by atoms with Crippen LogP contribution >= 0.6 is 0 Å². The van der Waals surface area contributed by atoms with E-state index >= 15 is 0 Å². The van der Waals surface area contributed by atoms with E-state index in [2.05, 4.69) is 35.1 Å². The summed E-state index contributed by atoms with van der Waals surface area (Å²) in [5, 5.41) is 3.35. The van der Waals surface area contributed by atoms with Crippen LogP contribution in [-0.4, -0.2) is 64.1 Å². The summed E-state index contributed by atoms with van der Waals surface area (Å²) in [4.78, 5) is 20.3. The van der Waals surface area contributed by atoms with Crippen LogP contribution in [0, 0.1) is 5.82 Å². The number of hydrogen-bond acceptors (Lipinski definition) is 6. The number of rotatable bonds is 5. The molecule has 0 aliphatic carbocycles. The maximum atomic E-state index is 13.0. The number of H-pyrrole nitrogens is 1. The van der Waals surface area contributed by atoms with E-state index in [4.69, 9.17) is 0 Å². The summed E-state index contributed by atoms with van der Waals surface area (Å²) in [5.74, 6) is 0.594. The Hall–Kier alpha value is -2.74. The third-order valence-corrected chi connectivity index (χ3v) is 4.51. The van der Waals surface area contributed by atoms with Gasteiger partial charge in [-0.3, -0.25) is 4.90 Å². The van der Waals surface area contributed by atoms with Crippen molar-refractivity contribution in [2.75, 3.05) is 49.5 Å². The van der Waals surface area contributed by atoms with Crippen LogP contribution < -0.4 is 10.2 Å². The van der Waals surface area contributed by atoms with Gasteiger partial charge in [0.15, 0.2) is 11.5 Å². The number of fused-ring (bicyclic) bond motifs is 1. The van der Waals surface area contributed by atoms with Crippen LogP contribution in [0.25, 0.3) is 11.2 Å². The highest BCUT2D eigenvalue weighted by molar-refractivity contribution is 5.81. The molecule has 3 aromatic rings. The lowest BCUT2D eigenvalue weighted by Gasteiger charge is -2.36. The third kappa shape index (κ3) is 3.53. The Kier molecular flexibility index (Phi) is 4.43. The first kappa shape index (κ1) is 15.8. The molecule has 1 aliphatic heterocycles. The summed E-state index contributed by atoms with van der Waals surface area (Å²) < 4.78 is 13.0. The Balaban J connectivity index is 1.26. The lowest BCUT2D eigenvalue weighted by Crippen LogP contribution is -2.47. The Morgan fingerprint density at radius 2 is 1.84 bits per heavy atom. The number of benzene rings is 1. The second kappa shape index (κ2) is 7.02. The van der Waals surface area contributed by atoms with Crippen molar-refractivity contribution in [1.29, 1.82) is 0 Å². The molecule has 130 valence electrons. The van der Waals surface area contributed by atoms with Crippen LogP contribution in [-0.2, 0) is 0 Å². The van der Waals surface area contributed by atoms with Gasteiger partial charge in [0, 0.05) is 45.0 Å². The number of aromatic amines is 1. The first-order valence-electron chi connectivity index (χ1n) is 8.40. The molecule has 2 N–H and O–H groups in total. The number of anilines is 2. The highest BCUT2D eigenvalue weighted by atomic mass is 19.1. The molecule has 1 saturated heterocycles. The van der Waals surface area contributed by atoms with Gasteiger partial charge in [-0.25, -0.2) is 19.3 Å². The van der Waals surface area contributed by atoms with Crippen LogP contribution in [0.1, 0.15) is 0 Å². The molecule has 0 amide bonds.